The molecule has 3 aromatic rings. The summed E-state index contributed by atoms with van der Waals surface area (Å²) in [6.45, 7) is 2.44. The SMILES string of the molecule is COc1cc(NC(C)CCCNC(=O)/C=C/C(=O)Nc2ccc(C(F)(F)F)cc2)c2ncccc2c1. The van der Waals surface area contributed by atoms with Gasteiger partial charge >= 0.3 is 6.18 Å². The van der Waals surface area contributed by atoms with E-state index in [1.807, 2.05) is 31.2 Å². The number of anilines is 2. The molecule has 1 heterocycles. The van der Waals surface area contributed by atoms with E-state index in [1.165, 1.54) is 0 Å². The van der Waals surface area contributed by atoms with Crippen LogP contribution in [0.4, 0.5) is 24.5 Å². The number of alkyl halides is 3. The zero-order valence-electron chi connectivity index (χ0n) is 19.9. The summed E-state index contributed by atoms with van der Waals surface area (Å²) >= 11 is 0. The third-order valence-electron chi connectivity index (χ3n) is 5.29. The molecule has 1 unspecified atom stereocenters. The van der Waals surface area contributed by atoms with Gasteiger partial charge in [-0.25, -0.2) is 0 Å². The number of nitrogens with one attached hydrogen (secondary N) is 3. The van der Waals surface area contributed by atoms with Gasteiger partial charge in [-0.15, -0.1) is 0 Å². The van der Waals surface area contributed by atoms with Gasteiger partial charge in [0, 0.05) is 48.1 Å². The summed E-state index contributed by atoms with van der Waals surface area (Å²) in [6, 6.07) is 11.8. The van der Waals surface area contributed by atoms with Gasteiger partial charge in [0.1, 0.15) is 5.75 Å². The van der Waals surface area contributed by atoms with Gasteiger partial charge in [0.2, 0.25) is 11.8 Å². The number of nitrogens with zero attached hydrogens (tertiary/aromatic N) is 1. The van der Waals surface area contributed by atoms with Crippen LogP contribution in [0.2, 0.25) is 0 Å². The highest BCUT2D eigenvalue weighted by molar-refractivity contribution is 6.03. The fourth-order valence-corrected chi connectivity index (χ4v) is 3.49. The number of fused-ring (bicyclic) bond motifs is 1. The van der Waals surface area contributed by atoms with E-state index in [1.54, 1.807) is 13.3 Å². The van der Waals surface area contributed by atoms with Crippen molar-refractivity contribution in [3.63, 3.8) is 0 Å². The van der Waals surface area contributed by atoms with E-state index in [0.29, 0.717) is 13.0 Å². The number of pyridine rings is 1. The minimum absolute atomic E-state index is 0.101. The molecule has 0 fully saturated rings. The molecule has 3 N–H and O–H groups in total. The van der Waals surface area contributed by atoms with Crippen molar-refractivity contribution in [2.24, 2.45) is 0 Å². The number of carbonyl (C=O) groups is 2. The largest absolute Gasteiger partial charge is 0.497 e. The molecule has 2 amide bonds. The van der Waals surface area contributed by atoms with E-state index >= 15 is 0 Å². The van der Waals surface area contributed by atoms with Crippen molar-refractivity contribution >= 4 is 34.1 Å². The van der Waals surface area contributed by atoms with E-state index < -0.39 is 23.6 Å². The van der Waals surface area contributed by atoms with Crippen molar-refractivity contribution in [3.8, 4) is 5.75 Å². The van der Waals surface area contributed by atoms with Crippen LogP contribution >= 0.6 is 0 Å². The van der Waals surface area contributed by atoms with Crippen LogP contribution in [-0.2, 0) is 15.8 Å². The molecule has 190 valence electrons. The van der Waals surface area contributed by atoms with E-state index in [2.05, 4.69) is 20.9 Å². The number of aromatic nitrogens is 1. The highest BCUT2D eigenvalue weighted by atomic mass is 19.4. The van der Waals surface area contributed by atoms with E-state index in [4.69, 9.17) is 4.74 Å². The fourth-order valence-electron chi connectivity index (χ4n) is 3.49. The number of methoxy groups -OCH3 is 1. The van der Waals surface area contributed by atoms with Crippen molar-refractivity contribution in [2.75, 3.05) is 24.3 Å². The molecule has 7 nitrogen and oxygen atoms in total. The van der Waals surface area contributed by atoms with Crippen molar-refractivity contribution in [3.05, 3.63) is 72.4 Å². The molecule has 0 bridgehead atoms. The van der Waals surface area contributed by atoms with Gasteiger partial charge in [-0.2, -0.15) is 13.2 Å². The summed E-state index contributed by atoms with van der Waals surface area (Å²) in [5.41, 5.74) is 1.09. The number of amides is 2. The topological polar surface area (TPSA) is 92.4 Å². The quantitative estimate of drug-likeness (QED) is 0.264. The molecule has 0 saturated carbocycles. The van der Waals surface area contributed by atoms with Gasteiger partial charge in [-0.05, 0) is 56.2 Å². The summed E-state index contributed by atoms with van der Waals surface area (Å²) in [7, 11) is 1.61. The van der Waals surface area contributed by atoms with Crippen molar-refractivity contribution in [1.29, 1.82) is 0 Å². The number of benzene rings is 2. The smallest absolute Gasteiger partial charge is 0.416 e. The predicted octanol–water partition coefficient (Wildman–Crippen LogP) is 5.15. The lowest BCUT2D eigenvalue weighted by Crippen LogP contribution is -2.24. The third kappa shape index (κ3) is 7.72. The molecule has 0 aliphatic rings. The number of ether oxygens (including phenoxy) is 1. The van der Waals surface area contributed by atoms with Gasteiger partial charge in [0.05, 0.1) is 23.9 Å². The van der Waals surface area contributed by atoms with E-state index in [0.717, 1.165) is 65.2 Å². The summed E-state index contributed by atoms with van der Waals surface area (Å²) < 4.78 is 43.1. The molecule has 0 spiro atoms. The number of carbonyl (C=O) groups excluding carboxylic acids is 2. The molecule has 0 aliphatic carbocycles. The molecule has 2 aromatic carbocycles. The van der Waals surface area contributed by atoms with Crippen molar-refractivity contribution < 1.29 is 27.5 Å². The minimum atomic E-state index is -4.45. The fraction of sp³-hybridized carbons (Fsp3) is 0.269. The van der Waals surface area contributed by atoms with Crippen molar-refractivity contribution in [2.45, 2.75) is 32.0 Å². The van der Waals surface area contributed by atoms with Gasteiger partial charge < -0.3 is 20.7 Å². The lowest BCUT2D eigenvalue weighted by atomic mass is 10.1. The highest BCUT2D eigenvalue weighted by Gasteiger charge is 2.29. The molecular formula is C26H27F3N4O3. The Morgan fingerprint density at radius 2 is 1.81 bits per heavy atom. The molecule has 3 rings (SSSR count). The first kappa shape index (κ1) is 26.5. The summed E-state index contributed by atoms with van der Waals surface area (Å²) in [4.78, 5) is 28.3. The maximum absolute atomic E-state index is 12.6. The summed E-state index contributed by atoms with van der Waals surface area (Å²) in [6.07, 6.45) is 0.852. The van der Waals surface area contributed by atoms with E-state index in [-0.39, 0.29) is 11.7 Å². The maximum Gasteiger partial charge on any atom is 0.416 e. The Hall–Kier alpha value is -4.08. The Kier molecular flexibility index (Phi) is 8.88. The Bertz CT molecular complexity index is 1230. The predicted molar refractivity (Wildman–Crippen MR) is 133 cm³/mol. The number of rotatable bonds is 10. The van der Waals surface area contributed by atoms with Gasteiger partial charge in [-0.1, -0.05) is 6.07 Å². The number of hydrogen-bond acceptors (Lipinski definition) is 5. The molecule has 10 heteroatoms. The second kappa shape index (κ2) is 12.1. The minimum Gasteiger partial charge on any atom is -0.497 e. The molecule has 0 aliphatic heterocycles. The Morgan fingerprint density at radius 1 is 1.08 bits per heavy atom. The van der Waals surface area contributed by atoms with Gasteiger partial charge in [0.15, 0.2) is 0 Å². The van der Waals surface area contributed by atoms with Crippen LogP contribution in [0.3, 0.4) is 0 Å². The van der Waals surface area contributed by atoms with Crippen LogP contribution in [0.5, 0.6) is 5.75 Å². The van der Waals surface area contributed by atoms with Crippen LogP contribution < -0.4 is 20.7 Å². The van der Waals surface area contributed by atoms with Crippen LogP contribution in [-0.4, -0.2) is 36.5 Å². The van der Waals surface area contributed by atoms with Gasteiger partial charge in [0.25, 0.3) is 0 Å². The standard InChI is InChI=1S/C26H27F3N4O3/c1-17(32-22-16-21(36-2)15-18-6-4-14-31-25(18)22)5-3-13-30-23(34)11-12-24(35)33-20-9-7-19(8-10-20)26(27,28)29/h4,6-12,14-17,32H,3,5,13H2,1-2H3,(H,30,34)(H,33,35)/b12-11+. The lowest BCUT2D eigenvalue weighted by molar-refractivity contribution is -0.137. The van der Waals surface area contributed by atoms with Gasteiger partial charge in [-0.3, -0.25) is 14.6 Å². The number of hydrogen-bond donors (Lipinski definition) is 3. The lowest BCUT2D eigenvalue weighted by Gasteiger charge is -2.17. The zero-order chi connectivity index (χ0) is 26.1. The molecule has 1 atom stereocenters. The monoisotopic (exact) mass is 500 g/mol. The third-order valence-corrected chi connectivity index (χ3v) is 5.29. The first-order chi connectivity index (χ1) is 17.2. The second-order valence-electron chi connectivity index (χ2n) is 8.13. The first-order valence-electron chi connectivity index (χ1n) is 11.3. The van der Waals surface area contributed by atoms with E-state index in [9.17, 15) is 22.8 Å². The van der Waals surface area contributed by atoms with Crippen LogP contribution in [0, 0.1) is 0 Å². The molecular weight excluding hydrogens is 473 g/mol. The maximum atomic E-state index is 12.6. The molecule has 0 saturated heterocycles. The van der Waals surface area contributed by atoms with Crippen LogP contribution in [0.25, 0.3) is 10.9 Å². The Labute approximate surface area is 206 Å². The molecule has 1 aromatic heterocycles. The summed E-state index contributed by atoms with van der Waals surface area (Å²) in [5.74, 6) is -0.338. The first-order valence-corrected chi connectivity index (χ1v) is 11.3. The molecule has 36 heavy (non-hydrogen) atoms. The average Bonchev–Trinajstić information content (AvgIpc) is 2.85. The second-order valence-corrected chi connectivity index (χ2v) is 8.13. The van der Waals surface area contributed by atoms with Crippen LogP contribution in [0.1, 0.15) is 25.3 Å². The Balaban J connectivity index is 1.40. The summed E-state index contributed by atoms with van der Waals surface area (Å²) in [5, 5.41) is 9.51. The number of halogens is 3. The average molecular weight is 501 g/mol. The highest BCUT2D eigenvalue weighted by Crippen LogP contribution is 2.30. The Morgan fingerprint density at radius 3 is 2.50 bits per heavy atom. The zero-order valence-corrected chi connectivity index (χ0v) is 19.9. The normalized spacial score (nSPS) is 12.4. The van der Waals surface area contributed by atoms with Crippen LogP contribution in [0.15, 0.2) is 66.9 Å². The molecule has 0 radical (unpaired) electrons. The van der Waals surface area contributed by atoms with Crippen molar-refractivity contribution in [1.82, 2.24) is 10.3 Å².